The number of benzene rings is 1. The van der Waals surface area contributed by atoms with Crippen molar-refractivity contribution >= 4 is 16.5 Å². The largest absolute Gasteiger partial charge is 0.493 e. The van der Waals surface area contributed by atoms with Gasteiger partial charge in [-0.05, 0) is 24.6 Å². The summed E-state index contributed by atoms with van der Waals surface area (Å²) < 4.78 is 56.7. The highest BCUT2D eigenvalue weighted by Crippen LogP contribution is 2.41. The molecule has 0 spiro atoms. The maximum absolute atomic E-state index is 11.0. The van der Waals surface area contributed by atoms with Crippen LogP contribution in [0.2, 0.25) is 0 Å². The molecule has 0 amide bonds. The van der Waals surface area contributed by atoms with Crippen LogP contribution in [0.5, 0.6) is 17.2 Å². The van der Waals surface area contributed by atoms with Crippen molar-refractivity contribution in [2.45, 2.75) is 37.6 Å². The van der Waals surface area contributed by atoms with Crippen molar-refractivity contribution in [2.24, 2.45) is 0 Å². The zero-order valence-corrected chi connectivity index (χ0v) is 16.8. The fraction of sp³-hybridized carbons (Fsp3) is 0.529. The highest BCUT2D eigenvalue weighted by Gasteiger charge is 2.48. The standard InChI is InChI=1S/C17H24O11S/c1-4-5-9-6-10(24-2)15(11(7-9)25-3)27-17-14(20)13(19)16(12(8-18)26-17)28-29(21,22)23/h4-7,12-14,16-20H,8H2,1-3H3,(H,21,22,23). The van der Waals surface area contributed by atoms with Crippen LogP contribution in [0.1, 0.15) is 12.5 Å². The smallest absolute Gasteiger partial charge is 0.397 e. The second kappa shape index (κ2) is 9.71. The van der Waals surface area contributed by atoms with Crippen LogP contribution in [-0.4, -0.2) is 79.8 Å². The molecule has 5 atom stereocenters. The third-order valence-electron chi connectivity index (χ3n) is 4.13. The summed E-state index contributed by atoms with van der Waals surface area (Å²) in [4.78, 5) is 0. The normalized spacial score (nSPS) is 27.8. The molecule has 11 nitrogen and oxygen atoms in total. The first-order chi connectivity index (χ1) is 13.6. The Bertz CT molecular complexity index is 796. The number of aliphatic hydroxyl groups excluding tert-OH is 3. The number of allylic oxidation sites excluding steroid dienone is 1. The molecule has 5 unspecified atom stereocenters. The Morgan fingerprint density at radius 1 is 1.14 bits per heavy atom. The molecule has 1 aliphatic heterocycles. The molecule has 1 aromatic rings. The topological polar surface area (TPSA) is 161 Å². The molecule has 0 aromatic heterocycles. The number of aliphatic hydroxyl groups is 3. The molecule has 1 aromatic carbocycles. The van der Waals surface area contributed by atoms with Gasteiger partial charge in [-0.2, -0.15) is 8.42 Å². The highest BCUT2D eigenvalue weighted by atomic mass is 32.3. The molecule has 0 aliphatic carbocycles. The summed E-state index contributed by atoms with van der Waals surface area (Å²) in [6.07, 6.45) is -4.80. The average Bonchev–Trinajstić information content (AvgIpc) is 2.67. The van der Waals surface area contributed by atoms with Gasteiger partial charge in [0.25, 0.3) is 0 Å². The van der Waals surface area contributed by atoms with Gasteiger partial charge in [0.05, 0.1) is 20.8 Å². The summed E-state index contributed by atoms with van der Waals surface area (Å²) in [7, 11) is -2.20. The molecule has 1 fully saturated rings. The van der Waals surface area contributed by atoms with Gasteiger partial charge in [-0.1, -0.05) is 12.2 Å². The van der Waals surface area contributed by atoms with Crippen molar-refractivity contribution in [2.75, 3.05) is 20.8 Å². The third-order valence-corrected chi connectivity index (χ3v) is 4.59. The number of ether oxygens (including phenoxy) is 4. The third kappa shape index (κ3) is 5.57. The van der Waals surface area contributed by atoms with Gasteiger partial charge in [-0.25, -0.2) is 4.18 Å². The maximum Gasteiger partial charge on any atom is 0.397 e. The number of hydrogen-bond donors (Lipinski definition) is 4. The van der Waals surface area contributed by atoms with Crippen molar-refractivity contribution in [3.8, 4) is 17.2 Å². The monoisotopic (exact) mass is 436 g/mol. The molecule has 0 bridgehead atoms. The zero-order valence-electron chi connectivity index (χ0n) is 16.0. The van der Waals surface area contributed by atoms with Crippen LogP contribution in [0, 0.1) is 0 Å². The fourth-order valence-electron chi connectivity index (χ4n) is 2.83. The van der Waals surface area contributed by atoms with Crippen LogP contribution in [0.4, 0.5) is 0 Å². The summed E-state index contributed by atoms with van der Waals surface area (Å²) in [5.41, 5.74) is 0.744. The maximum atomic E-state index is 11.0. The van der Waals surface area contributed by atoms with Crippen molar-refractivity contribution in [1.82, 2.24) is 0 Å². The van der Waals surface area contributed by atoms with Gasteiger partial charge in [-0.15, -0.1) is 0 Å². The van der Waals surface area contributed by atoms with Gasteiger partial charge in [0.1, 0.15) is 24.4 Å². The minimum absolute atomic E-state index is 0.0466. The van der Waals surface area contributed by atoms with Crippen molar-refractivity contribution in [3.05, 3.63) is 23.8 Å². The lowest BCUT2D eigenvalue weighted by Gasteiger charge is -2.40. The second-order valence-corrected chi connectivity index (χ2v) is 7.12. The molecule has 0 saturated carbocycles. The first kappa shape index (κ1) is 23.3. The summed E-state index contributed by atoms with van der Waals surface area (Å²) in [6, 6.07) is 3.27. The summed E-state index contributed by atoms with van der Waals surface area (Å²) in [5.74, 6) is 0.518. The summed E-state index contributed by atoms with van der Waals surface area (Å²) >= 11 is 0. The van der Waals surface area contributed by atoms with Gasteiger partial charge < -0.3 is 34.3 Å². The zero-order chi connectivity index (χ0) is 21.8. The SMILES string of the molecule is CC=Cc1cc(OC)c(OC2OC(CO)C(OS(=O)(=O)O)C(O)C2O)c(OC)c1. The lowest BCUT2D eigenvalue weighted by atomic mass is 9.99. The lowest BCUT2D eigenvalue weighted by Crippen LogP contribution is -2.61. The predicted octanol–water partition coefficient (Wildman–Crippen LogP) is -0.257. The summed E-state index contributed by atoms with van der Waals surface area (Å²) in [5, 5.41) is 30.0. The second-order valence-electron chi connectivity index (χ2n) is 6.07. The van der Waals surface area contributed by atoms with Crippen LogP contribution >= 0.6 is 0 Å². The first-order valence-electron chi connectivity index (χ1n) is 8.48. The lowest BCUT2D eigenvalue weighted by molar-refractivity contribution is -0.273. The quantitative estimate of drug-likeness (QED) is 0.397. The minimum atomic E-state index is -4.98. The molecule has 0 radical (unpaired) electrons. The van der Waals surface area contributed by atoms with E-state index in [-0.39, 0.29) is 17.2 Å². The van der Waals surface area contributed by atoms with E-state index in [9.17, 15) is 23.7 Å². The van der Waals surface area contributed by atoms with E-state index in [1.807, 2.05) is 6.92 Å². The summed E-state index contributed by atoms with van der Waals surface area (Å²) in [6.45, 7) is 1.04. The van der Waals surface area contributed by atoms with E-state index in [1.54, 1.807) is 24.3 Å². The van der Waals surface area contributed by atoms with Crippen molar-refractivity contribution < 1.29 is 51.4 Å². The van der Waals surface area contributed by atoms with Crippen molar-refractivity contribution in [1.29, 1.82) is 0 Å². The molecule has 29 heavy (non-hydrogen) atoms. The Morgan fingerprint density at radius 3 is 2.17 bits per heavy atom. The van der Waals surface area contributed by atoms with Crippen LogP contribution in [-0.2, 0) is 19.3 Å². The van der Waals surface area contributed by atoms with Crippen LogP contribution < -0.4 is 14.2 Å². The van der Waals surface area contributed by atoms with Crippen LogP contribution in [0.15, 0.2) is 18.2 Å². The van der Waals surface area contributed by atoms with E-state index in [0.29, 0.717) is 0 Å². The van der Waals surface area contributed by atoms with Gasteiger partial charge in [0.15, 0.2) is 11.5 Å². The molecule has 4 N–H and O–H groups in total. The van der Waals surface area contributed by atoms with Gasteiger partial charge in [0, 0.05) is 0 Å². The Hall–Kier alpha value is -1.93. The molecular weight excluding hydrogens is 412 g/mol. The molecule has 164 valence electrons. The average molecular weight is 436 g/mol. The highest BCUT2D eigenvalue weighted by molar-refractivity contribution is 7.80. The van der Waals surface area contributed by atoms with Crippen LogP contribution in [0.25, 0.3) is 6.08 Å². The molecule has 2 rings (SSSR count). The fourth-order valence-corrected chi connectivity index (χ4v) is 3.35. The van der Waals surface area contributed by atoms with E-state index < -0.39 is 47.7 Å². The van der Waals surface area contributed by atoms with E-state index in [1.165, 1.54) is 14.2 Å². The Labute approximate surface area is 168 Å². The van der Waals surface area contributed by atoms with E-state index in [2.05, 4.69) is 4.18 Å². The molecule has 1 heterocycles. The Balaban J connectivity index is 2.34. The van der Waals surface area contributed by atoms with E-state index in [0.717, 1.165) is 5.56 Å². The van der Waals surface area contributed by atoms with Gasteiger partial charge in [0.2, 0.25) is 12.0 Å². The predicted molar refractivity (Wildman–Crippen MR) is 99.1 cm³/mol. The number of hydrogen-bond acceptors (Lipinski definition) is 10. The van der Waals surface area contributed by atoms with Crippen LogP contribution in [0.3, 0.4) is 0 Å². The first-order valence-corrected chi connectivity index (χ1v) is 9.85. The minimum Gasteiger partial charge on any atom is -0.493 e. The van der Waals surface area contributed by atoms with Gasteiger partial charge in [-0.3, -0.25) is 4.55 Å². The number of methoxy groups -OCH3 is 2. The van der Waals surface area contributed by atoms with E-state index in [4.69, 9.17) is 23.5 Å². The van der Waals surface area contributed by atoms with E-state index >= 15 is 0 Å². The Kier molecular flexibility index (Phi) is 7.82. The molecule has 1 aliphatic rings. The molecule has 12 heteroatoms. The molecular formula is C17H24O11S. The van der Waals surface area contributed by atoms with Gasteiger partial charge >= 0.3 is 10.4 Å². The molecule has 1 saturated heterocycles. The number of rotatable bonds is 8. The van der Waals surface area contributed by atoms with Crippen molar-refractivity contribution in [3.63, 3.8) is 0 Å². The Morgan fingerprint density at radius 2 is 1.72 bits per heavy atom.